The fourth-order valence-electron chi connectivity index (χ4n) is 3.70. The van der Waals surface area contributed by atoms with Crippen molar-refractivity contribution in [3.8, 4) is 0 Å². The van der Waals surface area contributed by atoms with Gasteiger partial charge in [-0.15, -0.1) is 11.3 Å². The summed E-state index contributed by atoms with van der Waals surface area (Å²) in [4.78, 5) is 23.7. The number of aliphatic imine (C=N–C) groups is 2. The van der Waals surface area contributed by atoms with E-state index in [0.717, 1.165) is 34.0 Å². The van der Waals surface area contributed by atoms with Crippen molar-refractivity contribution in [1.82, 2.24) is 5.32 Å². The highest BCUT2D eigenvalue weighted by Crippen LogP contribution is 2.38. The first-order chi connectivity index (χ1) is 13.7. The third kappa shape index (κ3) is 4.73. The zero-order chi connectivity index (χ0) is 19.2. The first kappa shape index (κ1) is 19.4. The average molecular weight is 412 g/mol. The van der Waals surface area contributed by atoms with Crippen molar-refractivity contribution < 1.29 is 4.79 Å². The molecule has 1 aromatic carbocycles. The summed E-state index contributed by atoms with van der Waals surface area (Å²) < 4.78 is 0. The Morgan fingerprint density at radius 3 is 2.54 bits per heavy atom. The number of nitrogens with one attached hydrogen (secondary N) is 1. The fraction of sp³-hybridized carbons (Fsp3) is 0.409. The molecule has 1 N–H and O–H groups in total. The van der Waals surface area contributed by atoms with Crippen molar-refractivity contribution in [3.63, 3.8) is 0 Å². The zero-order valence-corrected chi connectivity index (χ0v) is 17.5. The van der Waals surface area contributed by atoms with Crippen molar-refractivity contribution in [2.45, 2.75) is 50.7 Å². The quantitative estimate of drug-likeness (QED) is 0.748. The smallest absolute Gasteiger partial charge is 0.230 e. The largest absolute Gasteiger partial charge is 0.351 e. The predicted octanol–water partition coefficient (Wildman–Crippen LogP) is 5.05. The van der Waals surface area contributed by atoms with Crippen LogP contribution in [0.2, 0.25) is 0 Å². The van der Waals surface area contributed by atoms with Gasteiger partial charge in [-0.3, -0.25) is 9.79 Å². The number of rotatable bonds is 5. The van der Waals surface area contributed by atoms with Gasteiger partial charge in [0.1, 0.15) is 10.8 Å². The molecule has 2 aliphatic rings. The summed E-state index contributed by atoms with van der Waals surface area (Å²) in [6.07, 6.45) is 6.94. The number of hydrogen-bond acceptors (Lipinski definition) is 5. The van der Waals surface area contributed by atoms with Gasteiger partial charge >= 0.3 is 0 Å². The summed E-state index contributed by atoms with van der Waals surface area (Å²) in [5.41, 5.74) is 1.80. The van der Waals surface area contributed by atoms with Crippen LogP contribution in [0, 0.1) is 0 Å². The van der Waals surface area contributed by atoms with E-state index < -0.39 is 0 Å². The Hall–Kier alpha value is -1.92. The maximum Gasteiger partial charge on any atom is 0.230 e. The highest BCUT2D eigenvalue weighted by Gasteiger charge is 2.37. The van der Waals surface area contributed by atoms with E-state index in [2.05, 4.69) is 22.8 Å². The van der Waals surface area contributed by atoms with Crippen LogP contribution in [0.4, 0.5) is 0 Å². The molecule has 0 unspecified atom stereocenters. The minimum atomic E-state index is -0.293. The molecule has 0 bridgehead atoms. The molecule has 4 nitrogen and oxygen atoms in total. The van der Waals surface area contributed by atoms with Crippen molar-refractivity contribution in [2.24, 2.45) is 9.98 Å². The lowest BCUT2D eigenvalue weighted by atomic mass is 10.0. The monoisotopic (exact) mass is 411 g/mol. The number of thiophene rings is 1. The Kier molecular flexibility index (Phi) is 6.27. The molecule has 1 fully saturated rings. The van der Waals surface area contributed by atoms with E-state index >= 15 is 0 Å². The maximum atomic E-state index is 12.4. The van der Waals surface area contributed by atoms with Crippen molar-refractivity contribution >= 4 is 39.8 Å². The Morgan fingerprint density at radius 2 is 1.82 bits per heavy atom. The average Bonchev–Trinajstić information content (AvgIpc) is 3.30. The lowest BCUT2D eigenvalue weighted by Gasteiger charge is -2.20. The summed E-state index contributed by atoms with van der Waals surface area (Å²) in [5.74, 6) is 0.399. The van der Waals surface area contributed by atoms with Crippen LogP contribution in [-0.2, 0) is 11.3 Å². The molecule has 6 heteroatoms. The number of carbonyl (C=O) groups is 1. The number of hydrogen-bond donors (Lipinski definition) is 1. The molecule has 146 valence electrons. The number of nitrogens with zero attached hydrogens (tertiary/aromatic N) is 2. The molecule has 4 rings (SSSR count). The SMILES string of the molecule is O=C(CSC1=NC2(CCCCCC2)N=C1c1cccs1)NCc1ccccc1. The van der Waals surface area contributed by atoms with Crippen molar-refractivity contribution in [1.29, 1.82) is 0 Å². The molecular weight excluding hydrogens is 386 g/mol. The molecule has 0 radical (unpaired) electrons. The van der Waals surface area contributed by atoms with E-state index in [4.69, 9.17) is 9.98 Å². The Labute approximate surface area is 174 Å². The molecular formula is C22H25N3OS2. The molecule has 1 aliphatic heterocycles. The predicted molar refractivity (Wildman–Crippen MR) is 119 cm³/mol. The second-order valence-electron chi connectivity index (χ2n) is 7.30. The minimum Gasteiger partial charge on any atom is -0.351 e. The molecule has 0 atom stereocenters. The highest BCUT2D eigenvalue weighted by atomic mass is 32.2. The standard InChI is InChI=1S/C22H25N3OS2/c26-19(23-15-17-9-4-3-5-10-17)16-28-21-20(18-11-8-14-27-18)24-22(25-21)12-6-1-2-7-13-22/h3-5,8-11,14H,1-2,6-7,12-13,15-16H2,(H,23,26). The first-order valence-corrected chi connectivity index (χ1v) is 11.8. The summed E-state index contributed by atoms with van der Waals surface area (Å²) in [7, 11) is 0. The lowest BCUT2D eigenvalue weighted by Crippen LogP contribution is -2.25. The van der Waals surface area contributed by atoms with Crippen LogP contribution < -0.4 is 5.32 Å². The van der Waals surface area contributed by atoms with Gasteiger partial charge in [-0.25, -0.2) is 4.99 Å². The van der Waals surface area contributed by atoms with Crippen molar-refractivity contribution in [2.75, 3.05) is 5.75 Å². The van der Waals surface area contributed by atoms with Crippen molar-refractivity contribution in [3.05, 3.63) is 58.3 Å². The lowest BCUT2D eigenvalue weighted by molar-refractivity contribution is -0.118. The Bertz CT molecular complexity index is 851. The number of thioether (sulfide) groups is 1. The van der Waals surface area contributed by atoms with Gasteiger partial charge in [-0.05, 0) is 42.7 Å². The van der Waals surface area contributed by atoms with Crippen LogP contribution in [0.1, 0.15) is 49.0 Å². The van der Waals surface area contributed by atoms with E-state index in [1.54, 1.807) is 11.3 Å². The van der Waals surface area contributed by atoms with E-state index in [0.29, 0.717) is 12.3 Å². The van der Waals surface area contributed by atoms with Crippen LogP contribution in [0.5, 0.6) is 0 Å². The number of carbonyl (C=O) groups excluding carboxylic acids is 1. The van der Waals surface area contributed by atoms with Gasteiger partial charge in [0.25, 0.3) is 0 Å². The van der Waals surface area contributed by atoms with Crippen LogP contribution in [-0.4, -0.2) is 28.1 Å². The highest BCUT2D eigenvalue weighted by molar-refractivity contribution is 8.16. The van der Waals surface area contributed by atoms with Crippen LogP contribution in [0.25, 0.3) is 0 Å². The van der Waals surface area contributed by atoms with Gasteiger partial charge in [-0.1, -0.05) is 61.0 Å². The fourth-order valence-corrected chi connectivity index (χ4v) is 5.37. The summed E-state index contributed by atoms with van der Waals surface area (Å²) in [6, 6.07) is 14.1. The molecule has 1 aromatic heterocycles. The van der Waals surface area contributed by atoms with Crippen LogP contribution in [0.15, 0.2) is 57.8 Å². The molecule has 1 spiro atoms. The van der Waals surface area contributed by atoms with E-state index in [-0.39, 0.29) is 11.6 Å². The van der Waals surface area contributed by atoms with E-state index in [1.165, 1.54) is 37.4 Å². The Morgan fingerprint density at radius 1 is 1.04 bits per heavy atom. The van der Waals surface area contributed by atoms with E-state index in [1.807, 2.05) is 30.3 Å². The summed E-state index contributed by atoms with van der Waals surface area (Å²) in [6.45, 7) is 0.558. The topological polar surface area (TPSA) is 53.8 Å². The van der Waals surface area contributed by atoms with Gasteiger partial charge in [-0.2, -0.15) is 0 Å². The molecule has 1 saturated carbocycles. The molecule has 0 saturated heterocycles. The van der Waals surface area contributed by atoms with Gasteiger partial charge in [0.05, 0.1) is 10.6 Å². The van der Waals surface area contributed by atoms with Crippen LogP contribution in [0.3, 0.4) is 0 Å². The first-order valence-electron chi connectivity index (χ1n) is 9.91. The van der Waals surface area contributed by atoms with Gasteiger partial charge in [0, 0.05) is 6.54 Å². The normalized spacial score (nSPS) is 18.4. The molecule has 28 heavy (non-hydrogen) atoms. The second-order valence-corrected chi connectivity index (χ2v) is 9.21. The molecule has 1 aliphatic carbocycles. The molecule has 1 amide bonds. The van der Waals surface area contributed by atoms with Gasteiger partial charge in [0.2, 0.25) is 5.91 Å². The van der Waals surface area contributed by atoms with Crippen LogP contribution >= 0.6 is 23.1 Å². The third-order valence-electron chi connectivity index (χ3n) is 5.16. The maximum absolute atomic E-state index is 12.4. The minimum absolute atomic E-state index is 0.0314. The van der Waals surface area contributed by atoms with Gasteiger partial charge < -0.3 is 5.32 Å². The number of amides is 1. The Balaban J connectivity index is 1.42. The number of benzene rings is 1. The van der Waals surface area contributed by atoms with E-state index in [9.17, 15) is 4.79 Å². The summed E-state index contributed by atoms with van der Waals surface area (Å²) in [5, 5.41) is 6.01. The zero-order valence-electron chi connectivity index (χ0n) is 15.9. The van der Waals surface area contributed by atoms with Gasteiger partial charge in [0.15, 0.2) is 5.66 Å². The third-order valence-corrected chi connectivity index (χ3v) is 7.00. The second kappa shape index (κ2) is 9.05. The molecule has 2 heterocycles. The summed E-state index contributed by atoms with van der Waals surface area (Å²) >= 11 is 3.21. The molecule has 2 aromatic rings.